The van der Waals surface area contributed by atoms with E-state index in [-0.39, 0.29) is 16.8 Å². The summed E-state index contributed by atoms with van der Waals surface area (Å²) in [6.07, 6.45) is 2.80. The van der Waals surface area contributed by atoms with Gasteiger partial charge in [-0.15, -0.1) is 0 Å². The summed E-state index contributed by atoms with van der Waals surface area (Å²) >= 11 is 0. The van der Waals surface area contributed by atoms with E-state index in [9.17, 15) is 13.2 Å². The first-order chi connectivity index (χ1) is 10.5. The smallest absolute Gasteiger partial charge is 0.251 e. The van der Waals surface area contributed by atoms with Crippen LogP contribution >= 0.6 is 0 Å². The van der Waals surface area contributed by atoms with Crippen molar-refractivity contribution in [2.45, 2.75) is 37.1 Å². The van der Waals surface area contributed by atoms with Crippen molar-refractivity contribution >= 4 is 15.9 Å². The van der Waals surface area contributed by atoms with Crippen molar-refractivity contribution in [3.63, 3.8) is 0 Å². The fraction of sp³-hybridized carbons (Fsp3) is 0.533. The molecule has 122 valence electrons. The zero-order valence-electron chi connectivity index (χ0n) is 12.8. The molecule has 1 aromatic rings. The van der Waals surface area contributed by atoms with Crippen LogP contribution in [0.25, 0.3) is 0 Å². The molecule has 1 fully saturated rings. The highest BCUT2D eigenvalue weighted by atomic mass is 32.2. The summed E-state index contributed by atoms with van der Waals surface area (Å²) < 4.78 is 26.9. The molecule has 0 radical (unpaired) electrons. The third kappa shape index (κ3) is 5.08. The fourth-order valence-electron chi connectivity index (χ4n) is 1.96. The van der Waals surface area contributed by atoms with E-state index in [1.807, 2.05) is 0 Å². The Kier molecular flexibility index (Phi) is 5.93. The average molecular weight is 325 g/mol. The van der Waals surface area contributed by atoms with Crippen LogP contribution in [0.3, 0.4) is 0 Å². The van der Waals surface area contributed by atoms with Crippen LogP contribution in [-0.4, -0.2) is 40.0 Å². The van der Waals surface area contributed by atoms with Crippen molar-refractivity contribution in [2.24, 2.45) is 0 Å². The van der Waals surface area contributed by atoms with E-state index in [4.69, 9.17) is 0 Å². The van der Waals surface area contributed by atoms with Gasteiger partial charge in [0.05, 0.1) is 4.90 Å². The van der Waals surface area contributed by atoms with E-state index in [0.29, 0.717) is 18.7 Å². The number of hydrogen-bond donors (Lipinski definition) is 3. The minimum Gasteiger partial charge on any atom is -0.351 e. The van der Waals surface area contributed by atoms with Crippen LogP contribution in [-0.2, 0) is 10.0 Å². The van der Waals surface area contributed by atoms with E-state index >= 15 is 0 Å². The SMILES string of the molecule is CCCNCCNC(=O)c1cccc(S(=O)(=O)NC2CC2)c1. The fourth-order valence-corrected chi connectivity index (χ4v) is 3.31. The highest BCUT2D eigenvalue weighted by Crippen LogP contribution is 2.22. The molecule has 7 heteroatoms. The number of amides is 1. The molecule has 6 nitrogen and oxygen atoms in total. The molecule has 1 aliphatic rings. The zero-order valence-corrected chi connectivity index (χ0v) is 13.6. The molecule has 1 aromatic carbocycles. The van der Waals surface area contributed by atoms with Gasteiger partial charge >= 0.3 is 0 Å². The molecule has 1 amide bonds. The molecular weight excluding hydrogens is 302 g/mol. The molecule has 3 N–H and O–H groups in total. The monoisotopic (exact) mass is 325 g/mol. The van der Waals surface area contributed by atoms with Gasteiger partial charge in [0.15, 0.2) is 0 Å². The van der Waals surface area contributed by atoms with E-state index in [1.165, 1.54) is 12.1 Å². The Labute approximate surface area is 131 Å². The molecule has 22 heavy (non-hydrogen) atoms. The Balaban J connectivity index is 1.94. The summed E-state index contributed by atoms with van der Waals surface area (Å²) in [6, 6.07) is 6.17. The Morgan fingerprint density at radius 1 is 1.23 bits per heavy atom. The van der Waals surface area contributed by atoms with Crippen LogP contribution in [0.2, 0.25) is 0 Å². The molecule has 0 spiro atoms. The molecule has 0 atom stereocenters. The van der Waals surface area contributed by atoms with Gasteiger partial charge in [0.2, 0.25) is 10.0 Å². The number of benzene rings is 1. The Morgan fingerprint density at radius 3 is 2.68 bits per heavy atom. The second-order valence-corrected chi connectivity index (χ2v) is 7.14. The van der Waals surface area contributed by atoms with E-state index in [0.717, 1.165) is 25.8 Å². The maximum atomic E-state index is 12.1. The lowest BCUT2D eigenvalue weighted by Gasteiger charge is -2.09. The lowest BCUT2D eigenvalue weighted by atomic mass is 10.2. The second-order valence-electron chi connectivity index (χ2n) is 5.43. The molecule has 0 bridgehead atoms. The topological polar surface area (TPSA) is 87.3 Å². The summed E-state index contributed by atoms with van der Waals surface area (Å²) in [5.41, 5.74) is 0.356. The summed E-state index contributed by atoms with van der Waals surface area (Å²) in [6.45, 7) is 4.20. The van der Waals surface area contributed by atoms with E-state index < -0.39 is 10.0 Å². The predicted molar refractivity (Wildman–Crippen MR) is 85.3 cm³/mol. The second kappa shape index (κ2) is 7.71. The third-order valence-corrected chi connectivity index (χ3v) is 4.84. The van der Waals surface area contributed by atoms with Crippen molar-refractivity contribution in [2.75, 3.05) is 19.6 Å². The van der Waals surface area contributed by atoms with Gasteiger partial charge in [-0.25, -0.2) is 13.1 Å². The van der Waals surface area contributed by atoms with Gasteiger partial charge in [-0.05, 0) is 44.0 Å². The van der Waals surface area contributed by atoms with Crippen molar-refractivity contribution in [1.82, 2.24) is 15.4 Å². The first-order valence-electron chi connectivity index (χ1n) is 7.64. The van der Waals surface area contributed by atoms with Gasteiger partial charge in [-0.3, -0.25) is 4.79 Å². The first-order valence-corrected chi connectivity index (χ1v) is 9.12. The van der Waals surface area contributed by atoms with E-state index in [1.54, 1.807) is 12.1 Å². The Bertz CT molecular complexity index is 612. The van der Waals surface area contributed by atoms with Crippen molar-refractivity contribution in [3.05, 3.63) is 29.8 Å². The minimum atomic E-state index is -3.53. The molecule has 0 aromatic heterocycles. The predicted octanol–water partition coefficient (Wildman–Crippen LogP) is 0.857. The van der Waals surface area contributed by atoms with Gasteiger partial charge in [0.25, 0.3) is 5.91 Å². The summed E-state index contributed by atoms with van der Waals surface area (Å²) in [5.74, 6) is -0.262. The molecule has 0 saturated heterocycles. The third-order valence-electron chi connectivity index (χ3n) is 3.32. The molecule has 0 heterocycles. The van der Waals surface area contributed by atoms with Crippen LogP contribution in [0.15, 0.2) is 29.2 Å². The molecule has 2 rings (SSSR count). The minimum absolute atomic E-state index is 0.0483. The number of hydrogen-bond acceptors (Lipinski definition) is 4. The number of carbonyl (C=O) groups is 1. The summed E-state index contributed by atoms with van der Waals surface area (Å²) in [7, 11) is -3.53. The number of carbonyl (C=O) groups excluding carboxylic acids is 1. The van der Waals surface area contributed by atoms with Crippen molar-refractivity contribution < 1.29 is 13.2 Å². The van der Waals surface area contributed by atoms with Crippen LogP contribution in [0, 0.1) is 0 Å². The Hall–Kier alpha value is -1.44. The van der Waals surface area contributed by atoms with Crippen molar-refractivity contribution in [1.29, 1.82) is 0 Å². The average Bonchev–Trinajstić information content (AvgIpc) is 3.30. The maximum absolute atomic E-state index is 12.1. The highest BCUT2D eigenvalue weighted by Gasteiger charge is 2.28. The van der Waals surface area contributed by atoms with Gasteiger partial charge in [0, 0.05) is 24.7 Å². The number of rotatable bonds is 9. The van der Waals surface area contributed by atoms with Gasteiger partial charge < -0.3 is 10.6 Å². The first kappa shape index (κ1) is 16.9. The molecule has 1 saturated carbocycles. The summed E-state index contributed by atoms with van der Waals surface area (Å²) in [5, 5.41) is 5.96. The lowest BCUT2D eigenvalue weighted by molar-refractivity contribution is 0.0953. The standard InChI is InChI=1S/C15H23N3O3S/c1-2-8-16-9-10-17-15(19)12-4-3-5-14(11-12)22(20,21)18-13-6-7-13/h3-5,11,13,16,18H,2,6-10H2,1H3,(H,17,19). The van der Waals surface area contributed by atoms with Gasteiger partial charge in [0.1, 0.15) is 0 Å². The maximum Gasteiger partial charge on any atom is 0.251 e. The Morgan fingerprint density at radius 2 is 2.00 bits per heavy atom. The normalized spacial score (nSPS) is 14.8. The molecular formula is C15H23N3O3S. The van der Waals surface area contributed by atoms with Crippen molar-refractivity contribution in [3.8, 4) is 0 Å². The number of sulfonamides is 1. The van der Waals surface area contributed by atoms with Crippen LogP contribution in [0.4, 0.5) is 0 Å². The van der Waals surface area contributed by atoms with Gasteiger partial charge in [-0.1, -0.05) is 13.0 Å². The number of nitrogens with one attached hydrogen (secondary N) is 3. The van der Waals surface area contributed by atoms with E-state index in [2.05, 4.69) is 22.3 Å². The van der Waals surface area contributed by atoms with Crippen LogP contribution in [0.5, 0.6) is 0 Å². The zero-order chi connectivity index (χ0) is 16.0. The lowest BCUT2D eigenvalue weighted by Crippen LogP contribution is -2.32. The quantitative estimate of drug-likeness (QED) is 0.588. The van der Waals surface area contributed by atoms with Crippen LogP contribution in [0.1, 0.15) is 36.5 Å². The molecule has 0 aliphatic heterocycles. The van der Waals surface area contributed by atoms with Crippen LogP contribution < -0.4 is 15.4 Å². The molecule has 1 aliphatic carbocycles. The highest BCUT2D eigenvalue weighted by molar-refractivity contribution is 7.89. The molecule has 0 unspecified atom stereocenters. The van der Waals surface area contributed by atoms with Gasteiger partial charge in [-0.2, -0.15) is 0 Å². The largest absolute Gasteiger partial charge is 0.351 e. The summed E-state index contributed by atoms with van der Waals surface area (Å²) in [4.78, 5) is 12.2.